The monoisotopic (exact) mass is 476 g/mol. The van der Waals surface area contributed by atoms with E-state index in [4.69, 9.17) is 16.7 Å². The van der Waals surface area contributed by atoms with Gasteiger partial charge in [-0.05, 0) is 60.7 Å². The second-order valence-corrected chi connectivity index (χ2v) is 9.83. The first-order valence-corrected chi connectivity index (χ1v) is 12.3. The fraction of sp³-hybridized carbons (Fsp3) is 0.161. The number of benzene rings is 4. The molecule has 4 aromatic rings. The maximum Gasteiger partial charge on any atom is 0.191 e. The average molecular weight is 477 g/mol. The van der Waals surface area contributed by atoms with E-state index in [1.165, 1.54) is 5.56 Å². The standard InChI is InChI=1S/C31H25ClN2O/c1-21-11-17-26(18-12-21)34-31(20-19-22-7-5-6-10-27(22)30(31)35)28(23-13-15-25(32)16-14-23)29(33-34)24-8-3-2-4-9-24/h2-18,28H,19-20H2,1H3. The van der Waals surface area contributed by atoms with E-state index in [1.807, 2.05) is 65.7 Å². The lowest BCUT2D eigenvalue weighted by Crippen LogP contribution is -2.56. The Hall–Kier alpha value is -3.69. The number of aryl methyl sites for hydroxylation is 2. The van der Waals surface area contributed by atoms with Gasteiger partial charge in [-0.2, -0.15) is 5.10 Å². The van der Waals surface area contributed by atoms with Crippen molar-refractivity contribution in [1.82, 2.24) is 0 Å². The van der Waals surface area contributed by atoms with Crippen molar-refractivity contribution in [3.05, 3.63) is 136 Å². The molecule has 1 spiro atoms. The zero-order valence-electron chi connectivity index (χ0n) is 19.5. The third-order valence-electron chi connectivity index (χ3n) is 7.32. The Kier molecular flexibility index (Phi) is 5.31. The largest absolute Gasteiger partial charge is 0.291 e. The predicted molar refractivity (Wildman–Crippen MR) is 143 cm³/mol. The van der Waals surface area contributed by atoms with E-state index < -0.39 is 5.54 Å². The number of carbonyl (C=O) groups excluding carboxylic acids is 1. The lowest BCUT2D eigenvalue weighted by molar-refractivity contribution is 0.0856. The number of rotatable bonds is 3. The Morgan fingerprint density at radius 2 is 1.54 bits per heavy atom. The van der Waals surface area contributed by atoms with Crippen LogP contribution >= 0.6 is 11.6 Å². The summed E-state index contributed by atoms with van der Waals surface area (Å²) in [6.45, 7) is 2.07. The maximum atomic E-state index is 14.6. The molecule has 4 heteroatoms. The van der Waals surface area contributed by atoms with Crippen LogP contribution in [0.25, 0.3) is 0 Å². The third-order valence-corrected chi connectivity index (χ3v) is 7.57. The smallest absolute Gasteiger partial charge is 0.191 e. The maximum absolute atomic E-state index is 14.6. The summed E-state index contributed by atoms with van der Waals surface area (Å²) in [6.07, 6.45) is 1.48. The van der Waals surface area contributed by atoms with Crippen molar-refractivity contribution in [2.45, 2.75) is 31.2 Å². The van der Waals surface area contributed by atoms with Crippen LogP contribution in [-0.2, 0) is 6.42 Å². The molecule has 0 fully saturated rings. The van der Waals surface area contributed by atoms with Crippen LogP contribution in [0.4, 0.5) is 5.69 Å². The van der Waals surface area contributed by atoms with Crippen LogP contribution in [0.15, 0.2) is 108 Å². The van der Waals surface area contributed by atoms with E-state index in [1.54, 1.807) is 0 Å². The molecule has 2 unspecified atom stereocenters. The van der Waals surface area contributed by atoms with E-state index in [-0.39, 0.29) is 11.7 Å². The Balaban J connectivity index is 1.63. The first kappa shape index (κ1) is 21.8. The summed E-state index contributed by atoms with van der Waals surface area (Å²) >= 11 is 6.28. The van der Waals surface area contributed by atoms with Crippen LogP contribution in [0.2, 0.25) is 5.02 Å². The molecule has 1 heterocycles. The van der Waals surface area contributed by atoms with Crippen molar-refractivity contribution in [3.8, 4) is 0 Å². The molecule has 35 heavy (non-hydrogen) atoms. The molecule has 2 atom stereocenters. The van der Waals surface area contributed by atoms with Gasteiger partial charge in [0, 0.05) is 10.6 Å². The third kappa shape index (κ3) is 3.50. The molecule has 1 aliphatic carbocycles. The van der Waals surface area contributed by atoms with Gasteiger partial charge in [-0.1, -0.05) is 96.0 Å². The number of fused-ring (bicyclic) bond motifs is 1. The fourth-order valence-electron chi connectivity index (χ4n) is 5.61. The Labute approximate surface area is 210 Å². The highest BCUT2D eigenvalue weighted by Gasteiger charge is 2.59. The zero-order valence-corrected chi connectivity index (χ0v) is 20.2. The van der Waals surface area contributed by atoms with E-state index in [0.29, 0.717) is 11.4 Å². The fourth-order valence-corrected chi connectivity index (χ4v) is 5.73. The number of nitrogens with zero attached hydrogens (tertiary/aromatic N) is 2. The number of hydrogen-bond acceptors (Lipinski definition) is 3. The van der Waals surface area contributed by atoms with E-state index in [9.17, 15) is 4.79 Å². The summed E-state index contributed by atoms with van der Waals surface area (Å²) in [7, 11) is 0. The van der Waals surface area contributed by atoms with Crippen molar-refractivity contribution < 1.29 is 4.79 Å². The molecule has 0 saturated heterocycles. The summed E-state index contributed by atoms with van der Waals surface area (Å²) in [5, 5.41) is 7.92. The van der Waals surface area contributed by atoms with Crippen molar-refractivity contribution in [2.24, 2.45) is 5.10 Å². The van der Waals surface area contributed by atoms with Gasteiger partial charge < -0.3 is 0 Å². The topological polar surface area (TPSA) is 32.7 Å². The number of hydrogen-bond donors (Lipinski definition) is 0. The number of Topliss-reactive ketones (excluding diaryl/α,β-unsaturated/α-hetero) is 1. The van der Waals surface area contributed by atoms with Gasteiger partial charge in [0.2, 0.25) is 0 Å². The van der Waals surface area contributed by atoms with Gasteiger partial charge >= 0.3 is 0 Å². The molecular formula is C31H25ClN2O. The number of carbonyl (C=O) groups is 1. The van der Waals surface area contributed by atoms with E-state index in [2.05, 4.69) is 49.4 Å². The normalized spacial score (nSPS) is 21.2. The van der Waals surface area contributed by atoms with Crippen LogP contribution in [0.5, 0.6) is 0 Å². The number of anilines is 1. The van der Waals surface area contributed by atoms with Crippen molar-refractivity contribution >= 4 is 28.8 Å². The van der Waals surface area contributed by atoms with E-state index >= 15 is 0 Å². The van der Waals surface area contributed by atoms with Gasteiger partial charge in [-0.3, -0.25) is 9.80 Å². The number of ketones is 1. The Morgan fingerprint density at radius 3 is 2.29 bits per heavy atom. The summed E-state index contributed by atoms with van der Waals surface area (Å²) in [6, 6.07) is 34.4. The lowest BCUT2D eigenvalue weighted by atomic mass is 9.65. The average Bonchev–Trinajstić information content (AvgIpc) is 3.24. The van der Waals surface area contributed by atoms with Gasteiger partial charge in [0.05, 0.1) is 17.3 Å². The molecule has 0 aromatic heterocycles. The van der Waals surface area contributed by atoms with Gasteiger partial charge in [0.25, 0.3) is 0 Å². The number of hydrazone groups is 1. The molecule has 1 aliphatic heterocycles. The van der Waals surface area contributed by atoms with Gasteiger partial charge in [-0.25, -0.2) is 0 Å². The molecule has 2 aliphatic rings. The van der Waals surface area contributed by atoms with Gasteiger partial charge in [-0.15, -0.1) is 0 Å². The molecule has 0 amide bonds. The molecule has 3 nitrogen and oxygen atoms in total. The summed E-state index contributed by atoms with van der Waals surface area (Å²) in [5.74, 6) is -0.126. The van der Waals surface area contributed by atoms with Crippen LogP contribution in [0, 0.1) is 6.92 Å². The molecule has 0 bridgehead atoms. The summed E-state index contributed by atoms with van der Waals surface area (Å²) in [4.78, 5) is 14.6. The lowest BCUT2D eigenvalue weighted by Gasteiger charge is -2.43. The highest BCUT2D eigenvalue weighted by atomic mass is 35.5. The molecule has 0 N–H and O–H groups in total. The quantitative estimate of drug-likeness (QED) is 0.312. The molecule has 172 valence electrons. The minimum absolute atomic E-state index is 0.120. The molecule has 4 aromatic carbocycles. The summed E-state index contributed by atoms with van der Waals surface area (Å²) in [5.41, 5.74) is 6.09. The van der Waals surface area contributed by atoms with Crippen molar-refractivity contribution in [2.75, 3.05) is 5.01 Å². The molecule has 0 radical (unpaired) electrons. The zero-order chi connectivity index (χ0) is 24.0. The van der Waals surface area contributed by atoms with Gasteiger partial charge in [0.1, 0.15) is 5.54 Å². The first-order chi connectivity index (χ1) is 17.1. The molecule has 6 rings (SSSR count). The first-order valence-electron chi connectivity index (χ1n) is 12.0. The van der Waals surface area contributed by atoms with E-state index in [0.717, 1.165) is 40.1 Å². The predicted octanol–water partition coefficient (Wildman–Crippen LogP) is 7.22. The SMILES string of the molecule is Cc1ccc(N2N=C(c3ccccc3)C(c3ccc(Cl)cc3)C23CCc2ccccc2C3=O)cc1. The second-order valence-electron chi connectivity index (χ2n) is 9.39. The minimum Gasteiger partial charge on any atom is -0.291 e. The van der Waals surface area contributed by atoms with Crippen LogP contribution in [0.3, 0.4) is 0 Å². The molecular weight excluding hydrogens is 452 g/mol. The second kappa shape index (κ2) is 8.51. The highest BCUT2D eigenvalue weighted by molar-refractivity contribution is 6.30. The summed E-state index contributed by atoms with van der Waals surface area (Å²) < 4.78 is 0. The Bertz CT molecular complexity index is 1430. The molecule has 0 saturated carbocycles. The van der Waals surface area contributed by atoms with Crippen molar-refractivity contribution in [1.29, 1.82) is 0 Å². The van der Waals surface area contributed by atoms with Crippen LogP contribution in [-0.4, -0.2) is 17.0 Å². The highest BCUT2D eigenvalue weighted by Crippen LogP contribution is 2.51. The minimum atomic E-state index is -0.872. The van der Waals surface area contributed by atoms with Crippen LogP contribution < -0.4 is 5.01 Å². The van der Waals surface area contributed by atoms with Gasteiger partial charge in [0.15, 0.2) is 5.78 Å². The number of halogens is 1. The van der Waals surface area contributed by atoms with Crippen LogP contribution in [0.1, 0.15) is 45.0 Å². The Morgan fingerprint density at radius 1 is 0.857 bits per heavy atom. The van der Waals surface area contributed by atoms with Crippen molar-refractivity contribution in [3.63, 3.8) is 0 Å².